The van der Waals surface area contributed by atoms with Crippen molar-refractivity contribution in [3.05, 3.63) is 28.8 Å². The molecule has 21 heavy (non-hydrogen) atoms. The van der Waals surface area contributed by atoms with Crippen LogP contribution >= 0.6 is 0 Å². The number of nitrogens with one attached hydrogen (secondary N) is 1. The fourth-order valence-electron chi connectivity index (χ4n) is 2.37. The third kappa shape index (κ3) is 2.16. The molecule has 0 unspecified atom stereocenters. The lowest BCUT2D eigenvalue weighted by atomic mass is 10.1. The molecular formula is C12H14N6O3. The monoisotopic (exact) mass is 290 g/mol. The van der Waals surface area contributed by atoms with Gasteiger partial charge in [-0.1, -0.05) is 5.21 Å². The van der Waals surface area contributed by atoms with Gasteiger partial charge in [0, 0.05) is 18.8 Å². The van der Waals surface area contributed by atoms with Crippen LogP contribution < -0.4 is 0 Å². The van der Waals surface area contributed by atoms with Gasteiger partial charge in [0.15, 0.2) is 5.69 Å². The first-order chi connectivity index (χ1) is 9.97. The molecule has 0 radical (unpaired) electrons. The van der Waals surface area contributed by atoms with Gasteiger partial charge in [0.1, 0.15) is 0 Å². The van der Waals surface area contributed by atoms with Gasteiger partial charge in [0.05, 0.1) is 23.5 Å². The molecule has 0 bridgehead atoms. The number of H-pyrrole nitrogens is 1. The Hall–Kier alpha value is -2.71. The van der Waals surface area contributed by atoms with E-state index in [0.717, 1.165) is 5.69 Å². The molecule has 2 N–H and O–H groups in total. The molecular weight excluding hydrogens is 276 g/mol. The number of aromatic amines is 1. The number of rotatable bonds is 3. The first kappa shape index (κ1) is 13.3. The lowest BCUT2D eigenvalue weighted by molar-refractivity contribution is 0.0496. The van der Waals surface area contributed by atoms with Gasteiger partial charge in [-0.2, -0.15) is 5.10 Å². The maximum absolute atomic E-state index is 12.3. The average molecular weight is 290 g/mol. The van der Waals surface area contributed by atoms with Crippen LogP contribution in [0.1, 0.15) is 38.3 Å². The Morgan fingerprint density at radius 2 is 2.10 bits per heavy atom. The minimum atomic E-state index is -1.11. The Balaban J connectivity index is 1.68. The van der Waals surface area contributed by atoms with Crippen LogP contribution in [0.15, 0.2) is 6.20 Å². The average Bonchev–Trinajstić information content (AvgIpc) is 2.95. The lowest BCUT2D eigenvalue weighted by Gasteiger charge is -2.38. The number of carbonyl (C=O) groups excluding carboxylic acids is 1. The predicted octanol–water partition coefficient (Wildman–Crippen LogP) is 0.0133. The summed E-state index contributed by atoms with van der Waals surface area (Å²) in [7, 11) is 0. The number of amides is 1. The van der Waals surface area contributed by atoms with Crippen LogP contribution in [0.5, 0.6) is 0 Å². The van der Waals surface area contributed by atoms with Crippen molar-refractivity contribution >= 4 is 11.9 Å². The van der Waals surface area contributed by atoms with Crippen molar-refractivity contribution in [3.8, 4) is 0 Å². The molecule has 1 aliphatic rings. The number of likely N-dealkylation sites (tertiary alicyclic amines) is 1. The normalized spacial score (nSPS) is 15.0. The molecule has 2 aromatic rings. The van der Waals surface area contributed by atoms with Crippen LogP contribution in [0.4, 0.5) is 0 Å². The van der Waals surface area contributed by atoms with Crippen molar-refractivity contribution in [3.63, 3.8) is 0 Å². The van der Waals surface area contributed by atoms with Gasteiger partial charge in [0.25, 0.3) is 5.91 Å². The maximum atomic E-state index is 12.3. The number of hydrogen-bond donors (Lipinski definition) is 2. The second kappa shape index (κ2) is 4.69. The largest absolute Gasteiger partial charge is 0.476 e. The van der Waals surface area contributed by atoms with E-state index in [1.807, 2.05) is 0 Å². The molecule has 1 aliphatic heterocycles. The van der Waals surface area contributed by atoms with Gasteiger partial charge in [-0.25, -0.2) is 9.48 Å². The first-order valence-corrected chi connectivity index (χ1v) is 6.43. The molecule has 1 fully saturated rings. The van der Waals surface area contributed by atoms with E-state index in [2.05, 4.69) is 20.5 Å². The first-order valence-electron chi connectivity index (χ1n) is 6.43. The van der Waals surface area contributed by atoms with Crippen LogP contribution in [-0.4, -0.2) is 60.2 Å². The minimum absolute atomic E-state index is 0.0398. The van der Waals surface area contributed by atoms with E-state index in [4.69, 9.17) is 5.11 Å². The number of hydrogen-bond acceptors (Lipinski definition) is 5. The molecule has 1 saturated heterocycles. The zero-order chi connectivity index (χ0) is 15.1. The number of aromatic nitrogens is 5. The summed E-state index contributed by atoms with van der Waals surface area (Å²) >= 11 is 0. The number of carboxylic acid groups (broad SMARTS) is 1. The molecule has 9 heteroatoms. The topological polar surface area (TPSA) is 117 Å². The summed E-state index contributed by atoms with van der Waals surface area (Å²) in [4.78, 5) is 24.8. The van der Waals surface area contributed by atoms with E-state index < -0.39 is 5.97 Å². The number of carbonyl (C=O) groups is 2. The van der Waals surface area contributed by atoms with Crippen molar-refractivity contribution in [1.82, 2.24) is 30.1 Å². The van der Waals surface area contributed by atoms with Gasteiger partial charge >= 0.3 is 5.97 Å². The van der Waals surface area contributed by atoms with Crippen molar-refractivity contribution in [2.75, 3.05) is 13.1 Å². The van der Waals surface area contributed by atoms with Gasteiger partial charge in [-0.3, -0.25) is 9.89 Å². The molecule has 1 amide bonds. The van der Waals surface area contributed by atoms with E-state index in [1.54, 1.807) is 18.7 Å². The fraction of sp³-hybridized carbons (Fsp3) is 0.417. The highest BCUT2D eigenvalue weighted by Gasteiger charge is 2.35. The van der Waals surface area contributed by atoms with Crippen molar-refractivity contribution in [2.45, 2.75) is 19.9 Å². The summed E-state index contributed by atoms with van der Waals surface area (Å²) in [5.74, 6) is -1.19. The Kier molecular flexibility index (Phi) is 2.96. The Bertz CT molecular complexity index is 693. The Morgan fingerprint density at radius 1 is 1.38 bits per heavy atom. The Morgan fingerprint density at radius 3 is 2.62 bits per heavy atom. The molecule has 110 valence electrons. The summed E-state index contributed by atoms with van der Waals surface area (Å²) < 4.78 is 1.49. The zero-order valence-corrected chi connectivity index (χ0v) is 11.6. The van der Waals surface area contributed by atoms with E-state index >= 15 is 0 Å². The molecule has 0 saturated carbocycles. The van der Waals surface area contributed by atoms with E-state index in [9.17, 15) is 9.59 Å². The van der Waals surface area contributed by atoms with Crippen molar-refractivity contribution in [1.29, 1.82) is 0 Å². The minimum Gasteiger partial charge on any atom is -0.476 e. The quantitative estimate of drug-likeness (QED) is 0.822. The van der Waals surface area contributed by atoms with Crippen LogP contribution in [-0.2, 0) is 0 Å². The molecule has 3 rings (SSSR count). The van der Waals surface area contributed by atoms with Gasteiger partial charge in [-0.05, 0) is 13.8 Å². The highest BCUT2D eigenvalue weighted by molar-refractivity contribution is 5.96. The second-order valence-corrected chi connectivity index (χ2v) is 5.06. The fourth-order valence-corrected chi connectivity index (χ4v) is 2.37. The number of aromatic carboxylic acids is 1. The van der Waals surface area contributed by atoms with Crippen LogP contribution in [0.2, 0.25) is 0 Å². The molecule has 0 atom stereocenters. The molecule has 0 aliphatic carbocycles. The highest BCUT2D eigenvalue weighted by Crippen LogP contribution is 2.24. The number of aryl methyl sites for hydroxylation is 2. The SMILES string of the molecule is Cc1n[nH]c(C)c1C(=O)N1CC(n2cc(C(=O)O)nn2)C1. The summed E-state index contributed by atoms with van der Waals surface area (Å²) in [5, 5.41) is 23.0. The van der Waals surface area contributed by atoms with E-state index in [-0.39, 0.29) is 17.6 Å². The van der Waals surface area contributed by atoms with Gasteiger partial charge in [0.2, 0.25) is 0 Å². The van der Waals surface area contributed by atoms with Crippen LogP contribution in [0, 0.1) is 13.8 Å². The molecule has 0 spiro atoms. The summed E-state index contributed by atoms with van der Waals surface area (Å²) in [5.41, 5.74) is 1.92. The Labute approximate surface area is 119 Å². The zero-order valence-electron chi connectivity index (χ0n) is 11.6. The van der Waals surface area contributed by atoms with Crippen molar-refractivity contribution in [2.24, 2.45) is 0 Å². The lowest BCUT2D eigenvalue weighted by Crippen LogP contribution is -2.51. The molecule has 9 nitrogen and oxygen atoms in total. The highest BCUT2D eigenvalue weighted by atomic mass is 16.4. The third-order valence-electron chi connectivity index (χ3n) is 3.59. The standard InChI is InChI=1S/C12H14N6O3/c1-6-10(7(2)14-13-6)11(19)17-3-8(4-17)18-5-9(12(20)21)15-16-18/h5,8H,3-4H2,1-2H3,(H,13,14)(H,20,21). The molecule has 2 aromatic heterocycles. The van der Waals surface area contributed by atoms with E-state index in [0.29, 0.717) is 24.3 Å². The third-order valence-corrected chi connectivity index (χ3v) is 3.59. The number of carboxylic acids is 1. The van der Waals surface area contributed by atoms with Gasteiger partial charge < -0.3 is 10.0 Å². The summed E-state index contributed by atoms with van der Waals surface area (Å²) in [6.45, 7) is 4.54. The summed E-state index contributed by atoms with van der Waals surface area (Å²) in [6.07, 6.45) is 1.38. The van der Waals surface area contributed by atoms with Crippen LogP contribution in [0.25, 0.3) is 0 Å². The van der Waals surface area contributed by atoms with Gasteiger partial charge in [-0.15, -0.1) is 5.10 Å². The maximum Gasteiger partial charge on any atom is 0.358 e. The summed E-state index contributed by atoms with van der Waals surface area (Å²) in [6, 6.07) is -0.0398. The van der Waals surface area contributed by atoms with Crippen LogP contribution in [0.3, 0.4) is 0 Å². The predicted molar refractivity (Wildman–Crippen MR) is 70.0 cm³/mol. The smallest absolute Gasteiger partial charge is 0.358 e. The second-order valence-electron chi connectivity index (χ2n) is 5.06. The van der Waals surface area contributed by atoms with Crippen molar-refractivity contribution < 1.29 is 14.7 Å². The molecule has 3 heterocycles. The van der Waals surface area contributed by atoms with E-state index in [1.165, 1.54) is 10.9 Å². The molecule has 0 aromatic carbocycles. The number of nitrogens with zero attached hydrogens (tertiary/aromatic N) is 5.